The summed E-state index contributed by atoms with van der Waals surface area (Å²) >= 11 is 0. The van der Waals surface area contributed by atoms with Crippen LogP contribution >= 0.6 is 0 Å². The van der Waals surface area contributed by atoms with Crippen LogP contribution in [0.3, 0.4) is 0 Å². The normalized spacial score (nSPS) is 54.0. The Morgan fingerprint density at radius 1 is 0.826 bits per heavy atom. The van der Waals surface area contributed by atoms with Crippen LogP contribution in [0.4, 0.5) is 0 Å². The molecule has 0 heteroatoms. The van der Waals surface area contributed by atoms with E-state index in [9.17, 15) is 0 Å². The molecule has 23 heavy (non-hydrogen) atoms. The monoisotopic (exact) mass is 316 g/mol. The van der Waals surface area contributed by atoms with E-state index in [1.165, 1.54) is 19.3 Å². The van der Waals surface area contributed by atoms with Gasteiger partial charge in [0.25, 0.3) is 0 Å². The molecule has 132 valence electrons. The lowest BCUT2D eigenvalue weighted by Crippen LogP contribution is -2.53. The molecular weight excluding hydrogens is 276 g/mol. The van der Waals surface area contributed by atoms with Gasteiger partial charge in [0.1, 0.15) is 0 Å². The molecule has 8 atom stereocenters. The third-order valence-electron chi connectivity index (χ3n) is 9.99. The second kappa shape index (κ2) is 5.77. The zero-order chi connectivity index (χ0) is 16.2. The van der Waals surface area contributed by atoms with E-state index < -0.39 is 0 Å². The van der Waals surface area contributed by atoms with Crippen molar-refractivity contribution in [3.63, 3.8) is 0 Å². The van der Waals surface area contributed by atoms with Crippen LogP contribution in [0, 0.1) is 46.3 Å². The first-order valence-corrected chi connectivity index (χ1v) is 11.0. The average Bonchev–Trinajstić information content (AvgIpc) is 2.91. The Labute approximate surface area is 145 Å². The van der Waals surface area contributed by atoms with Crippen LogP contribution in [0.15, 0.2) is 0 Å². The molecule has 0 aromatic rings. The smallest absolute Gasteiger partial charge is 0.0264 e. The Balaban J connectivity index is 1.60. The van der Waals surface area contributed by atoms with Crippen molar-refractivity contribution in [2.24, 2.45) is 46.3 Å². The fourth-order valence-electron chi connectivity index (χ4n) is 8.55. The van der Waals surface area contributed by atoms with Crippen molar-refractivity contribution >= 4 is 0 Å². The molecule has 0 bridgehead atoms. The van der Waals surface area contributed by atoms with Crippen LogP contribution in [0.25, 0.3) is 0 Å². The lowest BCUT2D eigenvalue weighted by Gasteiger charge is -2.61. The first-order valence-electron chi connectivity index (χ1n) is 11.0. The summed E-state index contributed by atoms with van der Waals surface area (Å²) in [6, 6.07) is 0. The van der Waals surface area contributed by atoms with Crippen LogP contribution < -0.4 is 0 Å². The van der Waals surface area contributed by atoms with E-state index in [-0.39, 0.29) is 0 Å². The molecule has 0 aromatic heterocycles. The second-order valence-corrected chi connectivity index (χ2v) is 10.5. The van der Waals surface area contributed by atoms with Crippen molar-refractivity contribution in [2.45, 2.75) is 98.3 Å². The fraction of sp³-hybridized carbons (Fsp3) is 1.00. The lowest BCUT2D eigenvalue weighted by molar-refractivity contribution is -0.114. The molecule has 0 radical (unpaired) electrons. The summed E-state index contributed by atoms with van der Waals surface area (Å²) in [5.41, 5.74) is 1.41. The minimum absolute atomic E-state index is 0.689. The van der Waals surface area contributed by atoms with Crippen molar-refractivity contribution in [3.8, 4) is 0 Å². The molecule has 0 aromatic carbocycles. The first kappa shape index (κ1) is 16.5. The Morgan fingerprint density at radius 2 is 1.61 bits per heavy atom. The SMILES string of the molecule is CC[C@@H](C)C1CCC2[C@@H]3CC[C@@H]4CCCC[C@]4(C)[C@H]3CC[C@]12C. The van der Waals surface area contributed by atoms with E-state index in [0.29, 0.717) is 5.41 Å². The highest BCUT2D eigenvalue weighted by Crippen LogP contribution is 2.68. The largest absolute Gasteiger partial charge is 0.0651 e. The summed E-state index contributed by atoms with van der Waals surface area (Å²) < 4.78 is 0. The Hall–Kier alpha value is 0. The molecule has 0 spiro atoms. The summed E-state index contributed by atoms with van der Waals surface area (Å²) in [4.78, 5) is 0. The van der Waals surface area contributed by atoms with Crippen LogP contribution in [0.5, 0.6) is 0 Å². The van der Waals surface area contributed by atoms with Crippen LogP contribution in [-0.4, -0.2) is 0 Å². The maximum atomic E-state index is 2.72. The predicted octanol–water partition coefficient (Wildman–Crippen LogP) is 7.08. The quantitative estimate of drug-likeness (QED) is 0.510. The fourth-order valence-corrected chi connectivity index (χ4v) is 8.55. The average molecular weight is 317 g/mol. The third-order valence-corrected chi connectivity index (χ3v) is 9.99. The predicted molar refractivity (Wildman–Crippen MR) is 99.3 cm³/mol. The summed E-state index contributed by atoms with van der Waals surface area (Å²) in [5.74, 6) is 6.28. The molecule has 0 heterocycles. The lowest BCUT2D eigenvalue weighted by atomic mass is 9.44. The summed E-state index contributed by atoms with van der Waals surface area (Å²) in [7, 11) is 0. The Morgan fingerprint density at radius 3 is 2.39 bits per heavy atom. The van der Waals surface area contributed by atoms with Gasteiger partial charge in [0.05, 0.1) is 0 Å². The summed E-state index contributed by atoms with van der Waals surface area (Å²) in [5, 5.41) is 0. The number of rotatable bonds is 2. The van der Waals surface area contributed by atoms with E-state index in [1.807, 2.05) is 0 Å². The molecule has 0 N–H and O–H groups in total. The molecule has 4 rings (SSSR count). The highest BCUT2D eigenvalue weighted by Gasteiger charge is 2.59. The minimum atomic E-state index is 0.689. The molecule has 4 fully saturated rings. The van der Waals surface area contributed by atoms with Crippen molar-refractivity contribution in [2.75, 3.05) is 0 Å². The summed E-state index contributed by atoms with van der Waals surface area (Å²) in [6.07, 6.45) is 16.9. The van der Waals surface area contributed by atoms with Gasteiger partial charge >= 0.3 is 0 Å². The van der Waals surface area contributed by atoms with Gasteiger partial charge in [-0.05, 0) is 97.7 Å². The maximum absolute atomic E-state index is 2.72. The van der Waals surface area contributed by atoms with Crippen molar-refractivity contribution < 1.29 is 0 Å². The van der Waals surface area contributed by atoms with Crippen molar-refractivity contribution in [1.82, 2.24) is 0 Å². The van der Waals surface area contributed by atoms with Gasteiger partial charge < -0.3 is 0 Å². The Kier molecular flexibility index (Phi) is 4.13. The highest BCUT2D eigenvalue weighted by molar-refractivity contribution is 5.09. The molecule has 0 aliphatic heterocycles. The third kappa shape index (κ3) is 2.29. The van der Waals surface area contributed by atoms with Crippen LogP contribution in [0.1, 0.15) is 98.3 Å². The molecule has 0 nitrogen and oxygen atoms in total. The standard InChI is InChI=1S/C23H40/c1-5-16(2)19-11-12-20-18-10-9-17-8-6-7-14-22(17,3)21(18)13-15-23(19,20)4/h16-21H,5-15H2,1-4H3/t16-,17+,18+,19?,20?,21+,22+,23-/m1/s1. The van der Waals surface area contributed by atoms with Crippen molar-refractivity contribution in [1.29, 1.82) is 0 Å². The second-order valence-electron chi connectivity index (χ2n) is 10.5. The zero-order valence-electron chi connectivity index (χ0n) is 16.2. The molecular formula is C23H40. The van der Waals surface area contributed by atoms with Gasteiger partial charge in [0.2, 0.25) is 0 Å². The molecule has 2 unspecified atom stereocenters. The van der Waals surface area contributed by atoms with E-state index in [4.69, 9.17) is 0 Å². The van der Waals surface area contributed by atoms with Crippen molar-refractivity contribution in [3.05, 3.63) is 0 Å². The topological polar surface area (TPSA) is 0 Å². The summed E-state index contributed by atoms with van der Waals surface area (Å²) in [6.45, 7) is 10.4. The van der Waals surface area contributed by atoms with Gasteiger partial charge in [0, 0.05) is 0 Å². The molecule has 0 saturated heterocycles. The molecule has 4 aliphatic rings. The maximum Gasteiger partial charge on any atom is -0.0264 e. The minimum Gasteiger partial charge on any atom is -0.0651 e. The zero-order valence-corrected chi connectivity index (χ0v) is 16.2. The van der Waals surface area contributed by atoms with Gasteiger partial charge in [0.15, 0.2) is 0 Å². The molecule has 4 aliphatic carbocycles. The number of hydrogen-bond acceptors (Lipinski definition) is 0. The first-order chi connectivity index (χ1) is 11.0. The Bertz CT molecular complexity index is 439. The van der Waals surface area contributed by atoms with E-state index in [0.717, 1.165) is 40.9 Å². The molecule has 4 saturated carbocycles. The van der Waals surface area contributed by atoms with Gasteiger partial charge in [-0.15, -0.1) is 0 Å². The van der Waals surface area contributed by atoms with E-state index in [2.05, 4.69) is 27.7 Å². The van der Waals surface area contributed by atoms with Gasteiger partial charge in [-0.2, -0.15) is 0 Å². The number of fused-ring (bicyclic) bond motifs is 5. The number of hydrogen-bond donors (Lipinski definition) is 0. The highest BCUT2D eigenvalue weighted by atomic mass is 14.6. The molecule has 0 amide bonds. The van der Waals surface area contributed by atoms with Crippen LogP contribution in [0.2, 0.25) is 0 Å². The van der Waals surface area contributed by atoms with Gasteiger partial charge in [-0.25, -0.2) is 0 Å². The van der Waals surface area contributed by atoms with Gasteiger partial charge in [-0.3, -0.25) is 0 Å². The van der Waals surface area contributed by atoms with Gasteiger partial charge in [-0.1, -0.05) is 47.0 Å². The van der Waals surface area contributed by atoms with Crippen LogP contribution in [-0.2, 0) is 0 Å². The van der Waals surface area contributed by atoms with E-state index in [1.54, 1.807) is 51.4 Å². The van der Waals surface area contributed by atoms with E-state index >= 15 is 0 Å².